The molecular formula is C31H34Cl2N2O2S. The summed E-state index contributed by atoms with van der Waals surface area (Å²) in [6.45, 7) is 0.357. The summed E-state index contributed by atoms with van der Waals surface area (Å²) in [5.74, 6) is 0.720. The highest BCUT2D eigenvalue weighted by molar-refractivity contribution is 7.99. The zero-order chi connectivity index (χ0) is 26.7. The maximum Gasteiger partial charge on any atom is 0.243 e. The van der Waals surface area contributed by atoms with Crippen molar-refractivity contribution in [2.45, 2.75) is 68.5 Å². The standard InChI is InChI=1S/C31H34Cl2N2O2S/c32-25-14-12-24(13-15-25)22-35(30(36)11-6-20-38-28-18-16-26(33)17-19-28)29(21-23-7-2-1-3-8-23)31(37)34-27-9-4-5-10-27/h1-3,7-8,12-19,27,29H,4-6,9-11,20-22H2,(H,34,37)/t29-/m0/s1. The predicted molar refractivity (Wildman–Crippen MR) is 158 cm³/mol. The first-order chi connectivity index (χ1) is 18.5. The van der Waals surface area contributed by atoms with Crippen LogP contribution < -0.4 is 5.32 Å². The molecule has 0 unspecified atom stereocenters. The summed E-state index contributed by atoms with van der Waals surface area (Å²) in [5.41, 5.74) is 1.98. The molecule has 1 saturated carbocycles. The first kappa shape index (κ1) is 28.5. The molecule has 1 N–H and O–H groups in total. The second kappa shape index (κ2) is 14.6. The van der Waals surface area contributed by atoms with Crippen LogP contribution in [0.4, 0.5) is 0 Å². The van der Waals surface area contributed by atoms with Gasteiger partial charge in [0.05, 0.1) is 0 Å². The van der Waals surface area contributed by atoms with Crippen LogP contribution in [-0.2, 0) is 22.6 Å². The summed E-state index contributed by atoms with van der Waals surface area (Å²) in [6, 6.07) is 24.8. The number of nitrogens with zero attached hydrogens (tertiary/aromatic N) is 1. The molecule has 1 fully saturated rings. The number of carbonyl (C=O) groups is 2. The van der Waals surface area contributed by atoms with Crippen LogP contribution in [0.5, 0.6) is 0 Å². The first-order valence-corrected chi connectivity index (χ1v) is 15.0. The first-order valence-electron chi connectivity index (χ1n) is 13.2. The molecule has 4 nitrogen and oxygen atoms in total. The summed E-state index contributed by atoms with van der Waals surface area (Å²) in [5, 5.41) is 4.61. The lowest BCUT2D eigenvalue weighted by atomic mass is 10.0. The molecule has 4 rings (SSSR count). The zero-order valence-electron chi connectivity index (χ0n) is 21.5. The highest BCUT2D eigenvalue weighted by Crippen LogP contribution is 2.24. The van der Waals surface area contributed by atoms with Crippen LogP contribution in [0.3, 0.4) is 0 Å². The molecule has 1 aliphatic rings. The largest absolute Gasteiger partial charge is 0.352 e. The SMILES string of the molecule is O=C(NC1CCCC1)[C@H](Cc1ccccc1)N(Cc1ccc(Cl)cc1)C(=O)CCCSc1ccc(Cl)cc1. The summed E-state index contributed by atoms with van der Waals surface area (Å²) in [7, 11) is 0. The average molecular weight is 570 g/mol. The molecule has 0 radical (unpaired) electrons. The summed E-state index contributed by atoms with van der Waals surface area (Å²) >= 11 is 13.8. The van der Waals surface area contributed by atoms with Crippen molar-refractivity contribution in [3.05, 3.63) is 100 Å². The third-order valence-corrected chi connectivity index (χ3v) is 8.46. The molecule has 0 aromatic heterocycles. The second-order valence-electron chi connectivity index (χ2n) is 9.75. The van der Waals surface area contributed by atoms with Gasteiger partial charge >= 0.3 is 0 Å². The van der Waals surface area contributed by atoms with Gasteiger partial charge in [0.1, 0.15) is 6.04 Å². The van der Waals surface area contributed by atoms with E-state index in [0.717, 1.165) is 47.5 Å². The van der Waals surface area contributed by atoms with Crippen LogP contribution in [0.1, 0.15) is 49.7 Å². The topological polar surface area (TPSA) is 49.4 Å². The lowest BCUT2D eigenvalue weighted by molar-refractivity contribution is -0.141. The van der Waals surface area contributed by atoms with Gasteiger partial charge in [0.15, 0.2) is 0 Å². The van der Waals surface area contributed by atoms with E-state index in [-0.39, 0.29) is 17.9 Å². The van der Waals surface area contributed by atoms with E-state index < -0.39 is 6.04 Å². The molecular weight excluding hydrogens is 535 g/mol. The molecule has 38 heavy (non-hydrogen) atoms. The number of benzene rings is 3. The fraction of sp³-hybridized carbons (Fsp3) is 0.355. The molecule has 1 aliphatic carbocycles. The molecule has 0 spiro atoms. The molecule has 0 aliphatic heterocycles. The van der Waals surface area contributed by atoms with Crippen molar-refractivity contribution in [3.8, 4) is 0 Å². The third-order valence-electron chi connectivity index (χ3n) is 6.86. The van der Waals surface area contributed by atoms with Gasteiger partial charge in [-0.1, -0.05) is 78.5 Å². The van der Waals surface area contributed by atoms with Crippen LogP contribution in [-0.4, -0.2) is 34.6 Å². The van der Waals surface area contributed by atoms with E-state index >= 15 is 0 Å². The van der Waals surface area contributed by atoms with Gasteiger partial charge in [0, 0.05) is 40.4 Å². The quantitative estimate of drug-likeness (QED) is 0.181. The van der Waals surface area contributed by atoms with Crippen molar-refractivity contribution in [1.82, 2.24) is 10.2 Å². The number of thioether (sulfide) groups is 1. The van der Waals surface area contributed by atoms with Gasteiger partial charge in [-0.25, -0.2) is 0 Å². The van der Waals surface area contributed by atoms with Gasteiger partial charge in [-0.05, 0) is 72.5 Å². The van der Waals surface area contributed by atoms with Crippen LogP contribution in [0.25, 0.3) is 0 Å². The number of halogens is 2. The molecule has 3 aromatic rings. The fourth-order valence-electron chi connectivity index (χ4n) is 4.80. The van der Waals surface area contributed by atoms with Gasteiger partial charge in [-0.3, -0.25) is 9.59 Å². The fourth-order valence-corrected chi connectivity index (χ4v) is 5.90. The Morgan fingerprint density at radius 2 is 1.50 bits per heavy atom. The summed E-state index contributed by atoms with van der Waals surface area (Å²) < 4.78 is 0. The van der Waals surface area contributed by atoms with Crippen LogP contribution in [0.2, 0.25) is 10.0 Å². The van der Waals surface area contributed by atoms with E-state index in [4.69, 9.17) is 23.2 Å². The molecule has 1 atom stereocenters. The third kappa shape index (κ3) is 8.79. The van der Waals surface area contributed by atoms with E-state index in [1.165, 1.54) is 0 Å². The lowest BCUT2D eigenvalue weighted by Crippen LogP contribution is -2.52. The normalized spacial score (nSPS) is 14.3. The molecule has 3 aromatic carbocycles. The van der Waals surface area contributed by atoms with Crippen molar-refractivity contribution in [2.24, 2.45) is 0 Å². The van der Waals surface area contributed by atoms with Gasteiger partial charge in [0.25, 0.3) is 0 Å². The number of hydrogen-bond acceptors (Lipinski definition) is 3. The van der Waals surface area contributed by atoms with Crippen molar-refractivity contribution >= 4 is 46.8 Å². The zero-order valence-corrected chi connectivity index (χ0v) is 23.8. The minimum absolute atomic E-state index is 0.0147. The minimum atomic E-state index is -0.593. The summed E-state index contributed by atoms with van der Waals surface area (Å²) in [4.78, 5) is 30.3. The molecule has 0 bridgehead atoms. The van der Waals surface area contributed by atoms with Crippen molar-refractivity contribution in [1.29, 1.82) is 0 Å². The van der Waals surface area contributed by atoms with Gasteiger partial charge in [0.2, 0.25) is 11.8 Å². The molecule has 7 heteroatoms. The Morgan fingerprint density at radius 1 is 0.868 bits per heavy atom. The van der Waals surface area contributed by atoms with Gasteiger partial charge in [-0.15, -0.1) is 11.8 Å². The Hall–Kier alpha value is -2.47. The number of nitrogens with one attached hydrogen (secondary N) is 1. The highest BCUT2D eigenvalue weighted by Gasteiger charge is 2.31. The minimum Gasteiger partial charge on any atom is -0.352 e. The molecule has 2 amide bonds. The summed E-state index contributed by atoms with van der Waals surface area (Å²) in [6.07, 6.45) is 5.81. The Balaban J connectivity index is 1.50. The van der Waals surface area contributed by atoms with E-state index in [2.05, 4.69) is 5.32 Å². The number of amides is 2. The van der Waals surface area contributed by atoms with Crippen molar-refractivity contribution in [2.75, 3.05) is 5.75 Å². The Labute approximate surface area is 240 Å². The Morgan fingerprint density at radius 3 is 2.16 bits per heavy atom. The Kier molecular flexibility index (Phi) is 11.0. The van der Waals surface area contributed by atoms with Crippen LogP contribution in [0.15, 0.2) is 83.8 Å². The lowest BCUT2D eigenvalue weighted by Gasteiger charge is -2.32. The van der Waals surface area contributed by atoms with Crippen molar-refractivity contribution < 1.29 is 9.59 Å². The van der Waals surface area contributed by atoms with Crippen LogP contribution >= 0.6 is 35.0 Å². The smallest absolute Gasteiger partial charge is 0.243 e. The highest BCUT2D eigenvalue weighted by atomic mass is 35.5. The molecule has 200 valence electrons. The maximum atomic E-state index is 13.7. The van der Waals surface area contributed by atoms with E-state index in [9.17, 15) is 9.59 Å². The Bertz CT molecular complexity index is 1170. The monoisotopic (exact) mass is 568 g/mol. The van der Waals surface area contributed by atoms with E-state index in [1.807, 2.05) is 78.9 Å². The predicted octanol–water partition coefficient (Wildman–Crippen LogP) is 7.56. The van der Waals surface area contributed by atoms with Gasteiger partial charge < -0.3 is 10.2 Å². The number of rotatable bonds is 12. The van der Waals surface area contributed by atoms with E-state index in [0.29, 0.717) is 35.9 Å². The van der Waals surface area contributed by atoms with Crippen molar-refractivity contribution in [3.63, 3.8) is 0 Å². The average Bonchev–Trinajstić information content (AvgIpc) is 3.44. The number of carbonyl (C=O) groups excluding carboxylic acids is 2. The molecule has 0 heterocycles. The molecule has 0 saturated heterocycles. The van der Waals surface area contributed by atoms with Gasteiger partial charge in [-0.2, -0.15) is 0 Å². The maximum absolute atomic E-state index is 13.7. The number of hydrogen-bond donors (Lipinski definition) is 1. The van der Waals surface area contributed by atoms with Crippen LogP contribution in [0, 0.1) is 0 Å². The second-order valence-corrected chi connectivity index (χ2v) is 11.8. The van der Waals surface area contributed by atoms with E-state index in [1.54, 1.807) is 16.7 Å².